The molecule has 0 spiro atoms. The molecule has 9 heteroatoms. The van der Waals surface area contributed by atoms with Crippen LogP contribution in [0.1, 0.15) is 12.6 Å². The van der Waals surface area contributed by atoms with Gasteiger partial charge in [0.2, 0.25) is 5.95 Å². The van der Waals surface area contributed by atoms with Gasteiger partial charge in [0.05, 0.1) is 12.3 Å². The molecule has 2 rings (SSSR count). The molecule has 3 N–H and O–H groups in total. The maximum Gasteiger partial charge on any atom is 0.433 e. The van der Waals surface area contributed by atoms with E-state index in [1.807, 2.05) is 0 Å². The quantitative estimate of drug-likeness (QED) is 0.724. The summed E-state index contributed by atoms with van der Waals surface area (Å²) in [6, 6.07) is 7.33. The second-order valence-corrected chi connectivity index (χ2v) is 5.65. The third kappa shape index (κ3) is 4.80. The Morgan fingerprint density at radius 1 is 1.26 bits per heavy atom. The number of alkyl halides is 3. The molecule has 0 aliphatic carbocycles. The molecule has 124 valence electrons. The number of benzene rings is 1. The number of nitrogens with one attached hydrogen (secondary N) is 2. The highest BCUT2D eigenvalue weighted by atomic mass is 79.9. The van der Waals surface area contributed by atoms with Crippen LogP contribution in [0.4, 0.5) is 30.6 Å². The van der Waals surface area contributed by atoms with Crippen LogP contribution in [0.3, 0.4) is 0 Å². The molecule has 0 aliphatic heterocycles. The highest BCUT2D eigenvalue weighted by Gasteiger charge is 2.34. The lowest BCUT2D eigenvalue weighted by atomic mass is 10.3. The number of hydrogen-bond acceptors (Lipinski definition) is 5. The topological polar surface area (TPSA) is 70.1 Å². The first-order valence-corrected chi connectivity index (χ1v) is 7.44. The molecule has 2 aromatic rings. The monoisotopic (exact) mass is 390 g/mol. The number of para-hydroxylation sites is 1. The number of anilines is 3. The molecule has 0 saturated carbocycles. The number of aliphatic hydroxyl groups excluding tert-OH is 1. The number of hydrogen-bond donors (Lipinski definition) is 3. The summed E-state index contributed by atoms with van der Waals surface area (Å²) < 4.78 is 39.6. The van der Waals surface area contributed by atoms with Gasteiger partial charge in [-0.05, 0) is 35.0 Å². The zero-order valence-corrected chi connectivity index (χ0v) is 13.6. The van der Waals surface area contributed by atoms with E-state index < -0.39 is 17.9 Å². The number of rotatable bonds is 5. The summed E-state index contributed by atoms with van der Waals surface area (Å²) in [6.45, 7) is 1.34. The molecule has 23 heavy (non-hydrogen) atoms. The second-order valence-electron chi connectivity index (χ2n) is 4.79. The Morgan fingerprint density at radius 2 is 1.96 bits per heavy atom. The number of aromatic nitrogens is 2. The molecular formula is C14H14BrF3N4O. The van der Waals surface area contributed by atoms with Gasteiger partial charge in [-0.1, -0.05) is 12.1 Å². The van der Waals surface area contributed by atoms with Crippen LogP contribution in [-0.2, 0) is 6.18 Å². The highest BCUT2D eigenvalue weighted by molar-refractivity contribution is 9.10. The molecular weight excluding hydrogens is 377 g/mol. The summed E-state index contributed by atoms with van der Waals surface area (Å²) >= 11 is 3.30. The molecule has 1 aromatic carbocycles. The summed E-state index contributed by atoms with van der Waals surface area (Å²) in [5.41, 5.74) is -0.504. The van der Waals surface area contributed by atoms with Crippen LogP contribution >= 0.6 is 15.9 Å². The van der Waals surface area contributed by atoms with Crippen molar-refractivity contribution in [3.8, 4) is 0 Å². The van der Waals surface area contributed by atoms with Crippen molar-refractivity contribution in [3.63, 3.8) is 0 Å². The van der Waals surface area contributed by atoms with E-state index in [-0.39, 0.29) is 18.4 Å². The fourth-order valence-corrected chi connectivity index (χ4v) is 2.07. The van der Waals surface area contributed by atoms with Crippen molar-refractivity contribution < 1.29 is 18.3 Å². The van der Waals surface area contributed by atoms with Gasteiger partial charge in [-0.15, -0.1) is 0 Å². The van der Waals surface area contributed by atoms with Crippen molar-refractivity contribution in [2.24, 2.45) is 0 Å². The molecule has 0 amide bonds. The minimum atomic E-state index is -4.60. The van der Waals surface area contributed by atoms with Gasteiger partial charge in [0.15, 0.2) is 5.69 Å². The molecule has 0 fully saturated rings. The lowest BCUT2D eigenvalue weighted by molar-refractivity contribution is -0.141. The SMILES string of the molecule is C[C@@H](CO)Nc1nc(Nc2ccccc2Br)cc(C(F)(F)F)n1. The maximum absolute atomic E-state index is 13.0. The average molecular weight is 391 g/mol. The molecule has 0 unspecified atom stereocenters. The summed E-state index contributed by atoms with van der Waals surface area (Å²) in [5, 5.41) is 14.4. The van der Waals surface area contributed by atoms with Gasteiger partial charge in [-0.2, -0.15) is 18.2 Å². The van der Waals surface area contributed by atoms with Gasteiger partial charge in [0.1, 0.15) is 5.82 Å². The van der Waals surface area contributed by atoms with Gasteiger partial charge in [0.25, 0.3) is 0 Å². The van der Waals surface area contributed by atoms with Crippen molar-refractivity contribution in [2.75, 3.05) is 17.2 Å². The van der Waals surface area contributed by atoms with Crippen molar-refractivity contribution in [1.82, 2.24) is 9.97 Å². The van der Waals surface area contributed by atoms with Crippen molar-refractivity contribution in [1.29, 1.82) is 0 Å². The Balaban J connectivity index is 2.38. The van der Waals surface area contributed by atoms with Gasteiger partial charge in [0, 0.05) is 16.6 Å². The van der Waals surface area contributed by atoms with E-state index in [1.165, 1.54) is 0 Å². The Labute approximate surface area is 139 Å². The highest BCUT2D eigenvalue weighted by Crippen LogP contribution is 2.31. The largest absolute Gasteiger partial charge is 0.433 e. The summed E-state index contributed by atoms with van der Waals surface area (Å²) in [6.07, 6.45) is -4.60. The predicted octanol–water partition coefficient (Wildman–Crippen LogP) is 3.79. The van der Waals surface area contributed by atoms with E-state index in [0.29, 0.717) is 10.2 Å². The number of aliphatic hydroxyl groups is 1. The summed E-state index contributed by atoms with van der Waals surface area (Å²) in [4.78, 5) is 7.45. The minimum Gasteiger partial charge on any atom is -0.394 e. The Bertz CT molecular complexity index is 681. The fraction of sp³-hybridized carbons (Fsp3) is 0.286. The van der Waals surface area contributed by atoms with E-state index >= 15 is 0 Å². The fourth-order valence-electron chi connectivity index (χ4n) is 1.69. The molecule has 5 nitrogen and oxygen atoms in total. The van der Waals surface area contributed by atoms with E-state index in [0.717, 1.165) is 6.07 Å². The van der Waals surface area contributed by atoms with Crippen LogP contribution in [0.25, 0.3) is 0 Å². The van der Waals surface area contributed by atoms with E-state index in [2.05, 4.69) is 36.5 Å². The first kappa shape index (κ1) is 17.5. The van der Waals surface area contributed by atoms with E-state index in [4.69, 9.17) is 5.11 Å². The molecule has 0 saturated heterocycles. The van der Waals surface area contributed by atoms with Crippen LogP contribution in [0.2, 0.25) is 0 Å². The maximum atomic E-state index is 13.0. The number of nitrogens with zero attached hydrogens (tertiary/aromatic N) is 2. The zero-order chi connectivity index (χ0) is 17.0. The summed E-state index contributed by atoms with van der Waals surface area (Å²) in [5.74, 6) is -0.220. The Kier molecular flexibility index (Phi) is 5.42. The smallest absolute Gasteiger partial charge is 0.394 e. The second kappa shape index (κ2) is 7.14. The van der Waals surface area contributed by atoms with Crippen molar-refractivity contribution >= 4 is 33.4 Å². The molecule has 1 atom stereocenters. The summed E-state index contributed by atoms with van der Waals surface area (Å²) in [7, 11) is 0. The van der Waals surface area contributed by atoms with Crippen LogP contribution < -0.4 is 10.6 Å². The van der Waals surface area contributed by atoms with E-state index in [9.17, 15) is 13.2 Å². The molecule has 1 heterocycles. The number of halogens is 4. The lowest BCUT2D eigenvalue weighted by Crippen LogP contribution is -2.22. The van der Waals surface area contributed by atoms with Crippen LogP contribution in [0, 0.1) is 0 Å². The third-order valence-corrected chi connectivity index (χ3v) is 3.49. The molecule has 1 aromatic heterocycles. The van der Waals surface area contributed by atoms with Crippen LogP contribution in [-0.4, -0.2) is 27.7 Å². The minimum absolute atomic E-state index is 0.00753. The van der Waals surface area contributed by atoms with Gasteiger partial charge >= 0.3 is 6.18 Å². The van der Waals surface area contributed by atoms with Gasteiger partial charge in [-0.25, -0.2) is 4.98 Å². The predicted molar refractivity (Wildman–Crippen MR) is 84.6 cm³/mol. The third-order valence-electron chi connectivity index (χ3n) is 2.80. The Morgan fingerprint density at radius 3 is 2.57 bits per heavy atom. The molecule has 0 bridgehead atoms. The standard InChI is InChI=1S/C14H14BrF3N4O/c1-8(7-23)19-13-21-11(14(16,17)18)6-12(22-13)20-10-5-3-2-4-9(10)15/h2-6,8,23H,7H2,1H3,(H2,19,20,21,22)/t8-/m0/s1. The van der Waals surface area contributed by atoms with Crippen LogP contribution in [0.15, 0.2) is 34.8 Å². The first-order valence-electron chi connectivity index (χ1n) is 6.65. The van der Waals surface area contributed by atoms with E-state index in [1.54, 1.807) is 31.2 Å². The van der Waals surface area contributed by atoms with Crippen LogP contribution in [0.5, 0.6) is 0 Å². The lowest BCUT2D eigenvalue weighted by Gasteiger charge is -2.15. The zero-order valence-electron chi connectivity index (χ0n) is 12.0. The first-order chi connectivity index (χ1) is 10.8. The molecule has 0 aliphatic rings. The molecule has 0 radical (unpaired) electrons. The Hall–Kier alpha value is -1.87. The van der Waals surface area contributed by atoms with Gasteiger partial charge in [-0.3, -0.25) is 0 Å². The van der Waals surface area contributed by atoms with Crippen molar-refractivity contribution in [3.05, 3.63) is 40.5 Å². The average Bonchev–Trinajstić information content (AvgIpc) is 2.48. The normalized spacial score (nSPS) is 12.8. The van der Waals surface area contributed by atoms with Crippen molar-refractivity contribution in [2.45, 2.75) is 19.1 Å². The van der Waals surface area contributed by atoms with Gasteiger partial charge < -0.3 is 15.7 Å².